The first-order valence-electron chi connectivity index (χ1n) is 8.24. The first-order chi connectivity index (χ1) is 13.0. The van der Waals surface area contributed by atoms with E-state index in [1.807, 2.05) is 42.6 Å². The summed E-state index contributed by atoms with van der Waals surface area (Å²) in [6, 6.07) is 10.9. The van der Waals surface area contributed by atoms with E-state index >= 15 is 0 Å². The number of nitrogens with zero attached hydrogens (tertiary/aromatic N) is 2. The maximum Gasteiger partial charge on any atom is 0.352 e. The van der Waals surface area contributed by atoms with Gasteiger partial charge in [-0.3, -0.25) is 4.79 Å². The van der Waals surface area contributed by atoms with E-state index in [-0.39, 0.29) is 23.2 Å². The van der Waals surface area contributed by atoms with Crippen molar-refractivity contribution in [1.82, 2.24) is 9.78 Å². The van der Waals surface area contributed by atoms with Gasteiger partial charge < -0.3 is 15.7 Å². The minimum absolute atomic E-state index is 0.0194. The number of amides is 1. The van der Waals surface area contributed by atoms with Crippen molar-refractivity contribution in [1.29, 1.82) is 0 Å². The normalized spacial score (nSPS) is 15.4. The first-order valence-corrected chi connectivity index (χ1v) is 9.12. The molecule has 3 aromatic rings. The molecule has 2 aromatic heterocycles. The van der Waals surface area contributed by atoms with Crippen molar-refractivity contribution in [3.63, 3.8) is 0 Å². The quantitative estimate of drug-likeness (QED) is 0.644. The van der Waals surface area contributed by atoms with Crippen LogP contribution in [0.2, 0.25) is 0 Å². The predicted molar refractivity (Wildman–Crippen MR) is 103 cm³/mol. The van der Waals surface area contributed by atoms with Gasteiger partial charge in [-0.1, -0.05) is 18.2 Å². The molecule has 0 radical (unpaired) electrons. The van der Waals surface area contributed by atoms with Crippen molar-refractivity contribution in [2.75, 3.05) is 10.6 Å². The van der Waals surface area contributed by atoms with E-state index in [2.05, 4.69) is 15.7 Å². The summed E-state index contributed by atoms with van der Waals surface area (Å²) in [4.78, 5) is 25.2. The van der Waals surface area contributed by atoms with E-state index in [4.69, 9.17) is 0 Å². The maximum absolute atomic E-state index is 12.8. The number of carbonyl (C=O) groups is 2. The number of carboxylic acids is 1. The third-order valence-corrected chi connectivity index (χ3v) is 5.17. The van der Waals surface area contributed by atoms with Crippen LogP contribution in [0.1, 0.15) is 26.8 Å². The van der Waals surface area contributed by atoms with E-state index in [0.29, 0.717) is 11.5 Å². The second-order valence-corrected chi connectivity index (χ2v) is 7.13. The third-order valence-electron chi connectivity index (χ3n) is 4.22. The number of thiophene rings is 1. The Labute approximate surface area is 159 Å². The molecule has 3 heterocycles. The Kier molecular flexibility index (Phi) is 4.25. The lowest BCUT2D eigenvalue weighted by molar-refractivity contribution is -0.132. The number of rotatable bonds is 4. The molecule has 1 aliphatic heterocycles. The van der Waals surface area contributed by atoms with Crippen molar-refractivity contribution in [3.8, 4) is 0 Å². The Balaban J connectivity index is 1.70. The van der Waals surface area contributed by atoms with Crippen LogP contribution >= 0.6 is 11.3 Å². The predicted octanol–water partition coefficient (Wildman–Crippen LogP) is 3.49. The number of allylic oxidation sites excluding steroid dienone is 1. The zero-order valence-corrected chi connectivity index (χ0v) is 15.2. The summed E-state index contributed by atoms with van der Waals surface area (Å²) in [7, 11) is 0. The lowest BCUT2D eigenvalue weighted by atomic mass is 10.1. The second-order valence-electron chi connectivity index (χ2n) is 6.15. The summed E-state index contributed by atoms with van der Waals surface area (Å²) in [5, 5.41) is 21.4. The number of anilines is 2. The summed E-state index contributed by atoms with van der Waals surface area (Å²) in [5.41, 5.74) is 1.99. The summed E-state index contributed by atoms with van der Waals surface area (Å²) < 4.78 is 1.63. The molecule has 1 amide bonds. The van der Waals surface area contributed by atoms with E-state index < -0.39 is 5.97 Å². The van der Waals surface area contributed by atoms with Gasteiger partial charge in [-0.2, -0.15) is 5.10 Å². The molecule has 0 spiro atoms. The molecule has 1 atom stereocenters. The zero-order valence-electron chi connectivity index (χ0n) is 14.3. The highest BCUT2D eigenvalue weighted by Crippen LogP contribution is 2.34. The van der Waals surface area contributed by atoms with Crippen molar-refractivity contribution in [2.45, 2.75) is 13.0 Å². The molecule has 7 nitrogen and oxygen atoms in total. The standard InChI is InChI=1S/C19H16N4O3S/c1-11-4-2-5-12(8-11)21-18(24)13-10-20-23-15(16-6-3-7-27-16)9-14(19(25)26)22-17(13)23/h2-10,15,22H,1H3,(H,21,24)(H,25,26). The SMILES string of the molecule is Cc1cccc(NC(=O)c2cnn3c2NC(C(=O)O)=CC3c2cccs2)c1. The van der Waals surface area contributed by atoms with Crippen LogP contribution in [0.3, 0.4) is 0 Å². The average Bonchev–Trinajstić information content (AvgIpc) is 3.30. The monoisotopic (exact) mass is 380 g/mol. The van der Waals surface area contributed by atoms with E-state index in [0.717, 1.165) is 10.4 Å². The number of carboxylic acid groups (broad SMARTS) is 1. The molecule has 0 saturated carbocycles. The van der Waals surface area contributed by atoms with Crippen LogP contribution in [0.15, 0.2) is 59.7 Å². The first kappa shape index (κ1) is 17.0. The van der Waals surface area contributed by atoms with Gasteiger partial charge in [0.25, 0.3) is 5.91 Å². The smallest absolute Gasteiger partial charge is 0.352 e. The summed E-state index contributed by atoms with van der Waals surface area (Å²) in [5.74, 6) is -1.08. The molecule has 1 aromatic carbocycles. The number of benzene rings is 1. The molecule has 0 saturated heterocycles. The maximum atomic E-state index is 12.8. The zero-order chi connectivity index (χ0) is 19.0. The van der Waals surface area contributed by atoms with Crippen LogP contribution in [0.25, 0.3) is 0 Å². The highest BCUT2D eigenvalue weighted by molar-refractivity contribution is 7.10. The summed E-state index contributed by atoms with van der Waals surface area (Å²) in [6.45, 7) is 1.94. The number of hydrogen-bond donors (Lipinski definition) is 3. The Morgan fingerprint density at radius 1 is 1.30 bits per heavy atom. The van der Waals surface area contributed by atoms with E-state index in [1.54, 1.807) is 16.8 Å². The number of aliphatic carboxylic acids is 1. The number of aromatic nitrogens is 2. The Morgan fingerprint density at radius 2 is 2.15 bits per heavy atom. The highest BCUT2D eigenvalue weighted by atomic mass is 32.1. The molecule has 0 aliphatic carbocycles. The van der Waals surface area contributed by atoms with Crippen molar-refractivity contribution in [2.24, 2.45) is 0 Å². The van der Waals surface area contributed by atoms with Crippen LogP contribution in [0.5, 0.6) is 0 Å². The molecule has 3 N–H and O–H groups in total. The van der Waals surface area contributed by atoms with E-state index in [1.165, 1.54) is 17.5 Å². The van der Waals surface area contributed by atoms with E-state index in [9.17, 15) is 14.7 Å². The fraction of sp³-hybridized carbons (Fsp3) is 0.105. The molecule has 1 aliphatic rings. The van der Waals surface area contributed by atoms with Gasteiger partial charge in [-0.25, -0.2) is 9.48 Å². The number of fused-ring (bicyclic) bond motifs is 1. The second kappa shape index (κ2) is 6.73. The van der Waals surface area contributed by atoms with Gasteiger partial charge in [0.2, 0.25) is 0 Å². The van der Waals surface area contributed by atoms with Gasteiger partial charge >= 0.3 is 5.97 Å². The van der Waals surface area contributed by atoms with Crippen molar-refractivity contribution >= 4 is 34.7 Å². The summed E-state index contributed by atoms with van der Waals surface area (Å²) in [6.07, 6.45) is 3.04. The Bertz CT molecular complexity index is 1050. The molecular formula is C19H16N4O3S. The van der Waals surface area contributed by atoms with Gasteiger partial charge in [0, 0.05) is 10.6 Å². The number of carbonyl (C=O) groups excluding carboxylic acids is 1. The minimum Gasteiger partial charge on any atom is -0.477 e. The Morgan fingerprint density at radius 3 is 2.85 bits per heavy atom. The number of nitrogens with one attached hydrogen (secondary N) is 2. The lowest BCUT2D eigenvalue weighted by Gasteiger charge is -2.23. The average molecular weight is 380 g/mol. The van der Waals surface area contributed by atoms with Crippen molar-refractivity contribution in [3.05, 3.63) is 75.8 Å². The topological polar surface area (TPSA) is 96.3 Å². The van der Waals surface area contributed by atoms with Crippen molar-refractivity contribution < 1.29 is 14.7 Å². The number of aryl methyl sites for hydroxylation is 1. The van der Waals surface area contributed by atoms with Crippen LogP contribution < -0.4 is 10.6 Å². The largest absolute Gasteiger partial charge is 0.477 e. The van der Waals surface area contributed by atoms with Gasteiger partial charge in [0.05, 0.1) is 6.20 Å². The number of hydrogen-bond acceptors (Lipinski definition) is 5. The van der Waals surface area contributed by atoms with Crippen LogP contribution in [0, 0.1) is 6.92 Å². The van der Waals surface area contributed by atoms with Crippen LogP contribution in [-0.4, -0.2) is 26.8 Å². The van der Waals surface area contributed by atoms with Gasteiger partial charge in [0.1, 0.15) is 23.1 Å². The van der Waals surface area contributed by atoms with Gasteiger partial charge in [-0.15, -0.1) is 11.3 Å². The Hall–Kier alpha value is -3.39. The van der Waals surface area contributed by atoms with Gasteiger partial charge in [0.15, 0.2) is 0 Å². The van der Waals surface area contributed by atoms with Crippen LogP contribution in [-0.2, 0) is 4.79 Å². The molecule has 136 valence electrons. The molecule has 1 unspecified atom stereocenters. The fourth-order valence-corrected chi connectivity index (χ4v) is 3.75. The molecule has 27 heavy (non-hydrogen) atoms. The molecule has 0 fully saturated rings. The third kappa shape index (κ3) is 3.22. The van der Waals surface area contributed by atoms with Crippen LogP contribution in [0.4, 0.5) is 11.5 Å². The molecular weight excluding hydrogens is 364 g/mol. The van der Waals surface area contributed by atoms with Gasteiger partial charge in [-0.05, 0) is 42.1 Å². The highest BCUT2D eigenvalue weighted by Gasteiger charge is 2.29. The minimum atomic E-state index is -1.09. The summed E-state index contributed by atoms with van der Waals surface area (Å²) >= 11 is 1.50. The molecule has 8 heteroatoms. The molecule has 0 bridgehead atoms. The molecule has 4 rings (SSSR count). The lowest BCUT2D eigenvalue weighted by Crippen LogP contribution is -2.25. The fourth-order valence-electron chi connectivity index (χ4n) is 2.97.